The lowest BCUT2D eigenvalue weighted by molar-refractivity contribution is -0.235. The minimum Gasteiger partial charge on any atom is -0.503 e. The highest BCUT2D eigenvalue weighted by atomic mass is 19.1. The number of benzene rings is 1. The topological polar surface area (TPSA) is 119 Å². The summed E-state index contributed by atoms with van der Waals surface area (Å²) in [6.45, 7) is 3.55. The number of aromatic nitrogens is 1. The van der Waals surface area contributed by atoms with Gasteiger partial charge in [0.15, 0.2) is 23.5 Å². The highest BCUT2D eigenvalue weighted by molar-refractivity contribution is 5.99. The molecule has 5 rings (SSSR count). The van der Waals surface area contributed by atoms with Crippen LogP contribution in [0.15, 0.2) is 23.1 Å². The second kappa shape index (κ2) is 9.71. The molecule has 3 aliphatic rings. The average Bonchev–Trinajstić information content (AvgIpc) is 3.22. The van der Waals surface area contributed by atoms with Gasteiger partial charge in [-0.3, -0.25) is 14.4 Å². The molecule has 0 radical (unpaired) electrons. The first-order chi connectivity index (χ1) is 18.1. The van der Waals surface area contributed by atoms with E-state index in [4.69, 9.17) is 14.2 Å². The number of carbonyl (C=O) groups excluding carboxylic acids is 2. The molecule has 0 aliphatic carbocycles. The Morgan fingerprint density at radius 1 is 1.26 bits per heavy atom. The van der Waals surface area contributed by atoms with Crippen LogP contribution < -0.4 is 10.7 Å². The fourth-order valence-corrected chi connectivity index (χ4v) is 5.27. The molecule has 4 heterocycles. The monoisotopic (exact) mass is 537 g/mol. The predicted octanol–water partition coefficient (Wildman–Crippen LogP) is 2.19. The van der Waals surface area contributed by atoms with Gasteiger partial charge in [0.05, 0.1) is 0 Å². The maximum atomic E-state index is 14.0. The Labute approximate surface area is 214 Å². The lowest BCUT2D eigenvalue weighted by Gasteiger charge is -2.42. The number of hydrogen-bond acceptors (Lipinski definition) is 7. The van der Waals surface area contributed by atoms with E-state index >= 15 is 0 Å². The fourth-order valence-electron chi connectivity index (χ4n) is 5.27. The summed E-state index contributed by atoms with van der Waals surface area (Å²) in [7, 11) is 0. The Morgan fingerprint density at radius 2 is 1.97 bits per heavy atom. The van der Waals surface area contributed by atoms with Gasteiger partial charge in [-0.1, -0.05) is 0 Å². The molecule has 3 aliphatic heterocycles. The summed E-state index contributed by atoms with van der Waals surface area (Å²) >= 11 is 0. The number of ether oxygens (including phenoxy) is 3. The summed E-state index contributed by atoms with van der Waals surface area (Å²) in [5, 5.41) is 13.0. The van der Waals surface area contributed by atoms with Crippen LogP contribution in [0.4, 0.5) is 13.2 Å². The van der Waals surface area contributed by atoms with Crippen LogP contribution in [0.25, 0.3) is 0 Å². The Balaban J connectivity index is 1.53. The standard InChI is InChI=1S/C25H26F3N3O7/c1-3-36-19-11-37-25(38-19)5-4-12(2)30-10-18(25)31-9-15(21(32)22(33)20(31)24(30)35)23(34)29-8-14-16(27)6-13(26)7-17(14)28/h6-7,9,12,18-19,33H,3-5,8,10-11H2,1-2H3,(H,29,34)/t12-,18+,19-,25+/m0/s1. The summed E-state index contributed by atoms with van der Waals surface area (Å²) in [4.78, 5) is 40.8. The van der Waals surface area contributed by atoms with Crippen molar-refractivity contribution in [2.75, 3.05) is 19.8 Å². The van der Waals surface area contributed by atoms with Crippen LogP contribution in [0, 0.1) is 17.5 Å². The van der Waals surface area contributed by atoms with Crippen LogP contribution in [-0.2, 0) is 20.8 Å². The van der Waals surface area contributed by atoms with Gasteiger partial charge in [-0.15, -0.1) is 0 Å². The third kappa shape index (κ3) is 4.24. The first kappa shape index (κ1) is 26.2. The number of rotatable bonds is 5. The molecule has 13 heteroatoms. The van der Waals surface area contributed by atoms with Gasteiger partial charge in [-0.25, -0.2) is 13.2 Å². The average molecular weight is 537 g/mol. The molecule has 1 aromatic heterocycles. The maximum absolute atomic E-state index is 14.0. The minimum atomic E-state index is -1.27. The number of nitrogens with one attached hydrogen (secondary N) is 1. The SMILES string of the molecule is CCO[C@@H]1CO[C@]2(CC[C@H](C)N3C[C@H]2n2cc(C(=O)NCc4c(F)cc(F)cc4F)c(=O)c(O)c2C3=O)O1. The molecule has 4 atom stereocenters. The molecule has 0 unspecified atom stereocenters. The molecule has 2 saturated heterocycles. The molecule has 1 spiro atoms. The van der Waals surface area contributed by atoms with Crippen LogP contribution >= 0.6 is 0 Å². The predicted molar refractivity (Wildman–Crippen MR) is 124 cm³/mol. The molecule has 2 N–H and O–H groups in total. The van der Waals surface area contributed by atoms with Crippen LogP contribution in [-0.4, -0.2) is 64.3 Å². The number of carbonyl (C=O) groups is 2. The van der Waals surface area contributed by atoms with E-state index in [-0.39, 0.29) is 24.9 Å². The van der Waals surface area contributed by atoms with E-state index in [0.29, 0.717) is 31.6 Å². The quantitative estimate of drug-likeness (QED) is 0.600. The van der Waals surface area contributed by atoms with E-state index in [9.17, 15) is 32.7 Å². The van der Waals surface area contributed by atoms with Crippen molar-refractivity contribution < 1.29 is 42.1 Å². The number of nitrogens with zero attached hydrogens (tertiary/aromatic N) is 2. The molecule has 1 aromatic carbocycles. The van der Waals surface area contributed by atoms with Crippen molar-refractivity contribution in [1.82, 2.24) is 14.8 Å². The number of aromatic hydroxyl groups is 1. The van der Waals surface area contributed by atoms with Crippen molar-refractivity contribution in [2.45, 2.75) is 57.4 Å². The number of amides is 2. The highest BCUT2D eigenvalue weighted by Crippen LogP contribution is 2.45. The second-order valence-electron chi connectivity index (χ2n) is 9.49. The first-order valence-electron chi connectivity index (χ1n) is 12.2. The summed E-state index contributed by atoms with van der Waals surface area (Å²) in [6.07, 6.45) is 1.31. The molecule has 204 valence electrons. The van der Waals surface area contributed by atoms with Gasteiger partial charge >= 0.3 is 0 Å². The van der Waals surface area contributed by atoms with Crippen molar-refractivity contribution in [3.05, 3.63) is 62.8 Å². The molecule has 2 amide bonds. The lowest BCUT2D eigenvalue weighted by atomic mass is 9.99. The largest absolute Gasteiger partial charge is 0.503 e. The maximum Gasteiger partial charge on any atom is 0.274 e. The molecule has 10 nitrogen and oxygen atoms in total. The molecule has 2 fully saturated rings. The second-order valence-corrected chi connectivity index (χ2v) is 9.49. The number of hydrogen-bond donors (Lipinski definition) is 2. The van der Waals surface area contributed by atoms with E-state index in [1.807, 2.05) is 6.92 Å². The van der Waals surface area contributed by atoms with Gasteiger partial charge < -0.3 is 34.1 Å². The van der Waals surface area contributed by atoms with E-state index < -0.39 is 76.2 Å². The van der Waals surface area contributed by atoms with Crippen molar-refractivity contribution in [1.29, 1.82) is 0 Å². The summed E-state index contributed by atoms with van der Waals surface area (Å²) in [6, 6.07) is -0.0823. The first-order valence-corrected chi connectivity index (χ1v) is 12.2. The Morgan fingerprint density at radius 3 is 2.66 bits per heavy atom. The molecule has 0 saturated carbocycles. The Bertz CT molecular complexity index is 1340. The van der Waals surface area contributed by atoms with Crippen molar-refractivity contribution in [3.63, 3.8) is 0 Å². The van der Waals surface area contributed by atoms with E-state index in [1.54, 1.807) is 6.92 Å². The smallest absolute Gasteiger partial charge is 0.274 e. The normalized spacial score (nSPS) is 26.4. The van der Waals surface area contributed by atoms with Crippen LogP contribution in [0.1, 0.15) is 59.1 Å². The van der Waals surface area contributed by atoms with Crippen LogP contribution in [0.3, 0.4) is 0 Å². The molecule has 2 aromatic rings. The zero-order chi connectivity index (χ0) is 27.4. The van der Waals surface area contributed by atoms with Gasteiger partial charge in [-0.2, -0.15) is 0 Å². The molecule has 38 heavy (non-hydrogen) atoms. The third-order valence-corrected chi connectivity index (χ3v) is 7.25. The Kier molecular flexibility index (Phi) is 6.70. The van der Waals surface area contributed by atoms with Crippen molar-refractivity contribution in [2.24, 2.45) is 0 Å². The Hall–Kier alpha value is -3.42. The highest BCUT2D eigenvalue weighted by Gasteiger charge is 2.55. The zero-order valence-corrected chi connectivity index (χ0v) is 20.6. The minimum absolute atomic E-state index is 0.112. The van der Waals surface area contributed by atoms with E-state index in [0.717, 1.165) is 6.20 Å². The van der Waals surface area contributed by atoms with Gasteiger partial charge in [0.2, 0.25) is 5.43 Å². The number of fused-ring (bicyclic) bond motifs is 5. The van der Waals surface area contributed by atoms with Crippen LogP contribution in [0.5, 0.6) is 5.75 Å². The van der Waals surface area contributed by atoms with Crippen LogP contribution in [0.2, 0.25) is 0 Å². The molecular formula is C25H26F3N3O7. The van der Waals surface area contributed by atoms with Gasteiger partial charge in [0, 0.05) is 56.1 Å². The zero-order valence-electron chi connectivity index (χ0n) is 20.6. The summed E-state index contributed by atoms with van der Waals surface area (Å²) in [5.41, 5.74) is -2.63. The van der Waals surface area contributed by atoms with E-state index in [2.05, 4.69) is 5.32 Å². The van der Waals surface area contributed by atoms with Gasteiger partial charge in [0.1, 0.15) is 35.7 Å². The summed E-state index contributed by atoms with van der Waals surface area (Å²) in [5.74, 6) is -7.42. The third-order valence-electron chi connectivity index (χ3n) is 7.25. The number of halogens is 3. The van der Waals surface area contributed by atoms with E-state index in [1.165, 1.54) is 9.47 Å². The van der Waals surface area contributed by atoms with Gasteiger partial charge in [0.25, 0.3) is 11.8 Å². The van der Waals surface area contributed by atoms with Crippen molar-refractivity contribution >= 4 is 11.8 Å². The lowest BCUT2D eigenvalue weighted by Crippen LogP contribution is -2.52. The molecular weight excluding hydrogens is 511 g/mol. The number of pyridine rings is 1. The summed E-state index contributed by atoms with van der Waals surface area (Å²) < 4.78 is 60.4. The molecule has 2 bridgehead atoms. The van der Waals surface area contributed by atoms with Gasteiger partial charge in [-0.05, 0) is 20.3 Å². The van der Waals surface area contributed by atoms with Crippen molar-refractivity contribution in [3.8, 4) is 5.75 Å². The fraction of sp³-hybridized carbons (Fsp3) is 0.480.